The Labute approximate surface area is 414 Å². The van der Waals surface area contributed by atoms with Crippen LogP contribution in [0, 0.1) is 24.2 Å². The number of alkyl halides is 4. The maximum Gasteiger partial charge on any atom is 0.403 e. The van der Waals surface area contributed by atoms with Crippen LogP contribution in [0.25, 0.3) is 10.4 Å². The van der Waals surface area contributed by atoms with Gasteiger partial charge in [-0.05, 0) is 107 Å². The molecular weight excluding hydrogens is 960 g/mol. The lowest BCUT2D eigenvalue weighted by molar-refractivity contribution is -0.245. The van der Waals surface area contributed by atoms with Gasteiger partial charge in [-0.1, -0.05) is 31.5 Å². The second kappa shape index (κ2) is 22.3. The maximum absolute atomic E-state index is 15.1. The van der Waals surface area contributed by atoms with Crippen LogP contribution in [-0.4, -0.2) is 150 Å². The molecule has 1 aromatic heterocycles. The monoisotopic (exact) mass is 1020 g/mol. The number of hydrogen-bond acceptors (Lipinski definition) is 10. The normalized spacial score (nSPS) is 25.5. The second-order valence-electron chi connectivity index (χ2n) is 20.1. The minimum Gasteiger partial charge on any atom is -0.381 e. The van der Waals surface area contributed by atoms with E-state index in [4.69, 9.17) is 16.3 Å². The van der Waals surface area contributed by atoms with Crippen molar-refractivity contribution in [2.24, 2.45) is 17.3 Å². The summed E-state index contributed by atoms with van der Waals surface area (Å²) in [6.07, 6.45) is -5.33. The van der Waals surface area contributed by atoms with Crippen LogP contribution in [-0.2, 0) is 44.7 Å². The first-order valence-electron chi connectivity index (χ1n) is 23.9. The molecule has 1 aliphatic carbocycles. The van der Waals surface area contributed by atoms with Crippen LogP contribution in [0.5, 0.6) is 0 Å². The van der Waals surface area contributed by atoms with Crippen LogP contribution in [0.1, 0.15) is 96.1 Å². The van der Waals surface area contributed by atoms with Crippen LogP contribution < -0.4 is 21.3 Å². The zero-order valence-corrected chi connectivity index (χ0v) is 42.3. The van der Waals surface area contributed by atoms with Crippen molar-refractivity contribution in [3.63, 3.8) is 0 Å². The molecule has 0 bridgehead atoms. The van der Waals surface area contributed by atoms with E-state index in [2.05, 4.69) is 26.3 Å². The molecule has 16 nitrogen and oxygen atoms in total. The first kappa shape index (κ1) is 54.4. The molecule has 6 rings (SSSR count). The molecule has 0 unspecified atom stereocenters. The maximum atomic E-state index is 15.1. The Balaban J connectivity index is 1.28. The largest absolute Gasteiger partial charge is 0.403 e. The summed E-state index contributed by atoms with van der Waals surface area (Å²) in [5, 5.41) is 12.4. The van der Waals surface area contributed by atoms with E-state index in [9.17, 15) is 46.7 Å². The number of benzene rings is 1. The van der Waals surface area contributed by atoms with Gasteiger partial charge in [-0.2, -0.15) is 13.2 Å². The van der Waals surface area contributed by atoms with Gasteiger partial charge in [0.15, 0.2) is 0 Å². The van der Waals surface area contributed by atoms with Gasteiger partial charge in [0, 0.05) is 57.9 Å². The highest BCUT2D eigenvalue weighted by Gasteiger charge is 2.63. The summed E-state index contributed by atoms with van der Waals surface area (Å²) in [6, 6.07) is -1.39. The molecule has 0 spiro atoms. The van der Waals surface area contributed by atoms with Crippen molar-refractivity contribution in [3.05, 3.63) is 40.0 Å². The van der Waals surface area contributed by atoms with Crippen LogP contribution in [0.3, 0.4) is 0 Å². The molecule has 4 heterocycles. The number of rotatable bonds is 11. The Morgan fingerprint density at radius 2 is 1.74 bits per heavy atom. The van der Waals surface area contributed by atoms with Crippen molar-refractivity contribution in [1.29, 1.82) is 0 Å². The second-order valence-corrected chi connectivity index (χ2v) is 21.7. The highest BCUT2D eigenvalue weighted by Crippen LogP contribution is 2.48. The van der Waals surface area contributed by atoms with E-state index in [1.807, 2.05) is 20.8 Å². The summed E-state index contributed by atoms with van der Waals surface area (Å²) in [5.74, 6) is -6.18. The van der Waals surface area contributed by atoms with Crippen LogP contribution >= 0.6 is 22.9 Å². The third-order valence-corrected chi connectivity index (χ3v) is 15.1. The summed E-state index contributed by atoms with van der Waals surface area (Å²) in [7, 11) is 2.81. The number of aromatic nitrogens is 1. The molecule has 22 heteroatoms. The van der Waals surface area contributed by atoms with E-state index >= 15 is 4.39 Å². The third-order valence-electron chi connectivity index (χ3n) is 13.9. The molecule has 2 aromatic rings. The Morgan fingerprint density at radius 1 is 1.06 bits per heavy atom. The van der Waals surface area contributed by atoms with Gasteiger partial charge in [-0.15, -0.1) is 11.3 Å². The quantitative estimate of drug-likeness (QED) is 0.227. The number of likely N-dealkylation sites (tertiary alicyclic amines) is 1. The van der Waals surface area contributed by atoms with Crippen molar-refractivity contribution >= 4 is 64.3 Å². The minimum atomic E-state index is -5.00. The van der Waals surface area contributed by atoms with Crippen molar-refractivity contribution in [2.45, 2.75) is 147 Å². The summed E-state index contributed by atoms with van der Waals surface area (Å²) < 4.78 is 64.0. The van der Waals surface area contributed by atoms with E-state index in [1.165, 1.54) is 30.3 Å². The third kappa shape index (κ3) is 12.4. The minimum absolute atomic E-state index is 0.0444. The van der Waals surface area contributed by atoms with Crippen molar-refractivity contribution in [2.75, 3.05) is 40.4 Å². The van der Waals surface area contributed by atoms with Gasteiger partial charge in [0.1, 0.15) is 47.3 Å². The molecule has 6 atom stereocenters. The van der Waals surface area contributed by atoms with E-state index in [-0.39, 0.29) is 51.4 Å². The van der Waals surface area contributed by atoms with E-state index in [1.54, 1.807) is 38.2 Å². The van der Waals surface area contributed by atoms with Gasteiger partial charge in [0.2, 0.25) is 41.4 Å². The zero-order chi connectivity index (χ0) is 51.5. The average Bonchev–Trinajstić information content (AvgIpc) is 3.93. The fraction of sp³-hybridized carbons (Fsp3) is 0.667. The number of nitrogens with one attached hydrogen (secondary N) is 4. The average molecular weight is 1030 g/mol. The molecule has 4 N–H and O–H groups in total. The molecule has 4 aliphatic rings. The molecule has 70 heavy (non-hydrogen) atoms. The number of hydrogen-bond donors (Lipinski definition) is 4. The van der Waals surface area contributed by atoms with Gasteiger partial charge < -0.3 is 40.7 Å². The Kier molecular flexibility index (Phi) is 17.3. The first-order valence-corrected chi connectivity index (χ1v) is 25.1. The molecule has 4 fully saturated rings. The van der Waals surface area contributed by atoms with Gasteiger partial charge in [0.25, 0.3) is 0 Å². The molecule has 3 aliphatic heterocycles. The summed E-state index contributed by atoms with van der Waals surface area (Å²) in [6.45, 7) is 7.37. The standard InChI is InChI=1S/C48H65ClF4N8O8S/c1-26(2)20-33-42(65)60(7)35(22-29-21-30(49)13-14-32(29)37-24-55-27(3)70-37)41(64)58-46(4,5)44(67)54-17-9-8-10-34(39(62)56-33)59(6)43(66)38(28-11-12-28)57-40(63)36-23-31(50)25-61(36)45(68)47(48(51,52)53)15-18-69-19-16-47/h13-14,21,24,26,28,31,33-36,38H,8-12,15-20,22-23,25H2,1-7H3,(H,54,67)(H,56,62)(H,57,63)(H,58,64)/t31-,33+,34+,35+,36+,38+/m1/s1. The number of likely N-dealkylation sites (N-methyl/N-ethyl adjacent to an activating group) is 2. The molecule has 7 amide bonds. The summed E-state index contributed by atoms with van der Waals surface area (Å²) in [5.41, 5.74) is -2.95. The number of halogens is 5. The van der Waals surface area contributed by atoms with Gasteiger partial charge in [0.05, 0.1) is 16.4 Å². The predicted molar refractivity (Wildman–Crippen MR) is 253 cm³/mol. The van der Waals surface area contributed by atoms with Crippen LogP contribution in [0.2, 0.25) is 5.02 Å². The summed E-state index contributed by atoms with van der Waals surface area (Å²) in [4.78, 5) is 108. The van der Waals surface area contributed by atoms with E-state index < -0.39 is 127 Å². The zero-order valence-electron chi connectivity index (χ0n) is 40.7. The lowest BCUT2D eigenvalue weighted by atomic mass is 9.77. The number of thiazole rings is 1. The lowest BCUT2D eigenvalue weighted by Crippen LogP contribution is -2.62. The Bertz CT molecular complexity index is 2290. The van der Waals surface area contributed by atoms with Gasteiger partial charge in [-0.25, -0.2) is 9.37 Å². The lowest BCUT2D eigenvalue weighted by Gasteiger charge is -2.41. The fourth-order valence-corrected chi connectivity index (χ4v) is 10.6. The Hall–Kier alpha value is -4.89. The van der Waals surface area contributed by atoms with Crippen molar-refractivity contribution in [1.82, 2.24) is 41.0 Å². The molecule has 1 aromatic carbocycles. The predicted octanol–water partition coefficient (Wildman–Crippen LogP) is 4.89. The smallest absolute Gasteiger partial charge is 0.381 e. The molecular formula is C48H65ClF4N8O8S. The van der Waals surface area contributed by atoms with Gasteiger partial charge >= 0.3 is 6.18 Å². The number of carbonyl (C=O) groups is 7. The molecule has 0 radical (unpaired) electrons. The highest BCUT2D eigenvalue weighted by molar-refractivity contribution is 7.15. The number of aryl methyl sites for hydroxylation is 1. The van der Waals surface area contributed by atoms with Crippen molar-refractivity contribution < 1.29 is 55.9 Å². The first-order chi connectivity index (χ1) is 32.8. The topological polar surface area (TPSA) is 199 Å². The highest BCUT2D eigenvalue weighted by atomic mass is 35.5. The molecule has 386 valence electrons. The fourth-order valence-electron chi connectivity index (χ4n) is 9.57. The number of ether oxygens (including phenoxy) is 1. The Morgan fingerprint density at radius 3 is 2.36 bits per heavy atom. The number of carbonyl (C=O) groups excluding carboxylic acids is 7. The SMILES string of the molecule is Cc1ncc(-c2ccc(Cl)cc2C[C@H]2C(=O)NC(C)(C)C(=O)NCCCC[C@H](N(C)C(=O)[C@@H](NC(=O)[C@@H]3C[C@@H](F)CN3C(=O)C3(C(F)(F)F)CCOCC3)C3CC3)C(=O)N[C@@H](CC(C)C)C(=O)N2C)s1. The number of nitrogens with zero attached hydrogens (tertiary/aromatic N) is 4. The van der Waals surface area contributed by atoms with Crippen molar-refractivity contribution in [3.8, 4) is 10.4 Å². The van der Waals surface area contributed by atoms with E-state index in [0.29, 0.717) is 34.7 Å². The molecule has 1 saturated carbocycles. The van der Waals surface area contributed by atoms with Gasteiger partial charge in [-0.3, -0.25) is 33.6 Å². The molecule has 3 saturated heterocycles. The number of amides is 7. The summed E-state index contributed by atoms with van der Waals surface area (Å²) >= 11 is 7.95. The van der Waals surface area contributed by atoms with E-state index in [0.717, 1.165) is 20.3 Å². The van der Waals surface area contributed by atoms with Crippen LogP contribution in [0.4, 0.5) is 17.6 Å². The van der Waals surface area contributed by atoms with Crippen LogP contribution in [0.15, 0.2) is 24.4 Å².